The number of carbonyl (C=O) groups is 1. The van der Waals surface area contributed by atoms with Gasteiger partial charge < -0.3 is 10.1 Å². The Kier molecular flexibility index (Phi) is 4.45. The van der Waals surface area contributed by atoms with Crippen molar-refractivity contribution in [3.8, 4) is 11.6 Å². The van der Waals surface area contributed by atoms with Crippen molar-refractivity contribution in [2.45, 2.75) is 6.92 Å². The molecule has 1 amide bonds. The lowest BCUT2D eigenvalue weighted by molar-refractivity contribution is 0.102. The van der Waals surface area contributed by atoms with Gasteiger partial charge in [-0.05, 0) is 60.3 Å². The molecule has 0 fully saturated rings. The predicted molar refractivity (Wildman–Crippen MR) is 103 cm³/mol. The number of ether oxygens (including phenoxy) is 1. The Bertz CT molecular complexity index is 1100. The molecule has 6 nitrogen and oxygen atoms in total. The topological polar surface area (TPSA) is 77.0 Å². The molecule has 0 aliphatic rings. The summed E-state index contributed by atoms with van der Waals surface area (Å²) >= 11 is 0. The van der Waals surface area contributed by atoms with Crippen molar-refractivity contribution in [3.05, 3.63) is 84.6 Å². The number of nitrogens with one attached hydrogen (secondary N) is 1. The third kappa shape index (κ3) is 3.74. The number of benzene rings is 1. The van der Waals surface area contributed by atoms with Gasteiger partial charge in [0.25, 0.3) is 5.91 Å². The van der Waals surface area contributed by atoms with Crippen LogP contribution in [0, 0.1) is 6.92 Å². The van der Waals surface area contributed by atoms with Gasteiger partial charge >= 0.3 is 0 Å². The average molecular weight is 356 g/mol. The van der Waals surface area contributed by atoms with Gasteiger partial charge in [0, 0.05) is 35.9 Å². The fraction of sp³-hybridized carbons (Fsp3) is 0.0476. The highest BCUT2D eigenvalue weighted by Gasteiger charge is 2.10. The van der Waals surface area contributed by atoms with Crippen molar-refractivity contribution in [1.82, 2.24) is 15.0 Å². The van der Waals surface area contributed by atoms with Crippen LogP contribution in [0.25, 0.3) is 10.8 Å². The van der Waals surface area contributed by atoms with Crippen molar-refractivity contribution < 1.29 is 9.53 Å². The van der Waals surface area contributed by atoms with E-state index in [1.54, 1.807) is 43.0 Å². The Morgan fingerprint density at radius 3 is 2.59 bits per heavy atom. The van der Waals surface area contributed by atoms with Crippen LogP contribution in [-0.2, 0) is 0 Å². The van der Waals surface area contributed by atoms with Gasteiger partial charge in [0.05, 0.1) is 0 Å². The molecule has 0 radical (unpaired) electrons. The van der Waals surface area contributed by atoms with Crippen molar-refractivity contribution in [1.29, 1.82) is 0 Å². The van der Waals surface area contributed by atoms with E-state index < -0.39 is 0 Å². The molecule has 6 heteroatoms. The lowest BCUT2D eigenvalue weighted by Crippen LogP contribution is -2.13. The van der Waals surface area contributed by atoms with Crippen LogP contribution in [0.15, 0.2) is 73.3 Å². The smallest absolute Gasteiger partial charge is 0.274 e. The Morgan fingerprint density at radius 1 is 0.963 bits per heavy atom. The van der Waals surface area contributed by atoms with E-state index in [2.05, 4.69) is 20.3 Å². The number of rotatable bonds is 4. The first-order chi connectivity index (χ1) is 13.2. The minimum absolute atomic E-state index is 0.253. The van der Waals surface area contributed by atoms with Gasteiger partial charge in [0.15, 0.2) is 0 Å². The van der Waals surface area contributed by atoms with E-state index in [9.17, 15) is 4.79 Å². The Labute approximate surface area is 155 Å². The first-order valence-corrected chi connectivity index (χ1v) is 8.40. The third-order valence-electron chi connectivity index (χ3n) is 3.99. The molecule has 3 heterocycles. The van der Waals surface area contributed by atoms with Gasteiger partial charge in [0.1, 0.15) is 11.4 Å². The number of hydrogen-bond donors (Lipinski definition) is 1. The highest BCUT2D eigenvalue weighted by Crippen LogP contribution is 2.29. The predicted octanol–water partition coefficient (Wildman–Crippen LogP) is 4.38. The molecular formula is C21H16N4O2. The summed E-state index contributed by atoms with van der Waals surface area (Å²) in [6, 6.07) is 14.5. The van der Waals surface area contributed by atoms with Crippen LogP contribution in [-0.4, -0.2) is 20.9 Å². The molecule has 0 bridgehead atoms. The van der Waals surface area contributed by atoms with E-state index in [0.717, 1.165) is 16.3 Å². The van der Waals surface area contributed by atoms with E-state index in [1.165, 1.54) is 0 Å². The summed E-state index contributed by atoms with van der Waals surface area (Å²) in [5.74, 6) is 0.904. The number of fused-ring (bicyclic) bond motifs is 1. The molecule has 0 aliphatic carbocycles. The second kappa shape index (κ2) is 7.21. The molecule has 4 aromatic rings. The van der Waals surface area contributed by atoms with Crippen LogP contribution in [0.1, 0.15) is 16.1 Å². The molecule has 3 aromatic heterocycles. The number of hydrogen-bond acceptors (Lipinski definition) is 5. The SMILES string of the molecule is Cc1ccc(C(=O)Nc2ccc3c(Oc4ccncc4)nccc3c2)nc1. The molecule has 0 spiro atoms. The lowest BCUT2D eigenvalue weighted by Gasteiger charge is -2.10. The van der Waals surface area contributed by atoms with Gasteiger partial charge in [-0.2, -0.15) is 0 Å². The number of carbonyl (C=O) groups excluding carboxylic acids is 1. The van der Waals surface area contributed by atoms with Crippen molar-refractivity contribution in [3.63, 3.8) is 0 Å². The summed E-state index contributed by atoms with van der Waals surface area (Å²) in [5.41, 5.74) is 2.06. The summed E-state index contributed by atoms with van der Waals surface area (Å²) in [5, 5.41) is 4.62. The van der Waals surface area contributed by atoms with Crippen LogP contribution in [0.5, 0.6) is 11.6 Å². The molecular weight excluding hydrogens is 340 g/mol. The van der Waals surface area contributed by atoms with Gasteiger partial charge in [0.2, 0.25) is 5.88 Å². The third-order valence-corrected chi connectivity index (χ3v) is 3.99. The van der Waals surface area contributed by atoms with Crippen LogP contribution >= 0.6 is 0 Å². The highest BCUT2D eigenvalue weighted by atomic mass is 16.5. The Morgan fingerprint density at radius 2 is 1.81 bits per heavy atom. The quantitative estimate of drug-likeness (QED) is 0.587. The number of amides is 1. The first kappa shape index (κ1) is 16.7. The monoisotopic (exact) mass is 356 g/mol. The summed E-state index contributed by atoms with van der Waals surface area (Å²) in [4.78, 5) is 24.8. The molecule has 0 unspecified atom stereocenters. The highest BCUT2D eigenvalue weighted by molar-refractivity contribution is 6.04. The normalized spacial score (nSPS) is 10.6. The van der Waals surface area contributed by atoms with Crippen molar-refractivity contribution >= 4 is 22.4 Å². The minimum Gasteiger partial charge on any atom is -0.438 e. The van der Waals surface area contributed by atoms with Crippen molar-refractivity contribution in [2.75, 3.05) is 5.32 Å². The van der Waals surface area contributed by atoms with E-state index in [4.69, 9.17) is 4.74 Å². The molecule has 132 valence electrons. The maximum Gasteiger partial charge on any atom is 0.274 e. The van der Waals surface area contributed by atoms with E-state index in [-0.39, 0.29) is 5.91 Å². The zero-order chi connectivity index (χ0) is 18.6. The molecule has 27 heavy (non-hydrogen) atoms. The van der Waals surface area contributed by atoms with E-state index >= 15 is 0 Å². The molecule has 0 saturated carbocycles. The van der Waals surface area contributed by atoms with Crippen LogP contribution in [0.3, 0.4) is 0 Å². The van der Waals surface area contributed by atoms with E-state index in [1.807, 2.05) is 37.3 Å². The van der Waals surface area contributed by atoms with Gasteiger partial charge in [-0.15, -0.1) is 0 Å². The number of anilines is 1. The van der Waals surface area contributed by atoms with Crippen LogP contribution < -0.4 is 10.1 Å². The van der Waals surface area contributed by atoms with Gasteiger partial charge in [-0.3, -0.25) is 14.8 Å². The molecule has 0 saturated heterocycles. The van der Waals surface area contributed by atoms with E-state index in [0.29, 0.717) is 23.0 Å². The molecule has 0 atom stereocenters. The standard InChI is InChI=1S/C21H16N4O2/c1-14-2-5-19(24-13-14)20(26)25-16-3-4-18-15(12-16)6-11-23-21(18)27-17-7-9-22-10-8-17/h2-13H,1H3,(H,25,26). The number of pyridine rings is 3. The van der Waals surface area contributed by atoms with Crippen LogP contribution in [0.2, 0.25) is 0 Å². The molecule has 1 aromatic carbocycles. The number of nitrogens with zero attached hydrogens (tertiary/aromatic N) is 3. The fourth-order valence-electron chi connectivity index (χ4n) is 2.62. The van der Waals surface area contributed by atoms with Gasteiger partial charge in [-0.1, -0.05) is 6.07 Å². The molecule has 1 N–H and O–H groups in total. The molecule has 0 aliphatic heterocycles. The first-order valence-electron chi connectivity index (χ1n) is 8.40. The summed E-state index contributed by atoms with van der Waals surface area (Å²) in [7, 11) is 0. The maximum atomic E-state index is 12.4. The Balaban J connectivity index is 1.59. The summed E-state index contributed by atoms with van der Waals surface area (Å²) in [6.07, 6.45) is 6.66. The summed E-state index contributed by atoms with van der Waals surface area (Å²) < 4.78 is 5.84. The largest absolute Gasteiger partial charge is 0.438 e. The second-order valence-corrected chi connectivity index (χ2v) is 6.01. The second-order valence-electron chi connectivity index (χ2n) is 6.01. The molecule has 4 rings (SSSR count). The van der Waals surface area contributed by atoms with Gasteiger partial charge in [-0.25, -0.2) is 4.98 Å². The number of aromatic nitrogens is 3. The maximum absolute atomic E-state index is 12.4. The van der Waals surface area contributed by atoms with Crippen molar-refractivity contribution in [2.24, 2.45) is 0 Å². The zero-order valence-electron chi connectivity index (χ0n) is 14.6. The minimum atomic E-state index is -0.253. The fourth-order valence-corrected chi connectivity index (χ4v) is 2.62. The lowest BCUT2D eigenvalue weighted by atomic mass is 10.1. The van der Waals surface area contributed by atoms with Crippen LogP contribution in [0.4, 0.5) is 5.69 Å². The number of aryl methyl sites for hydroxylation is 1. The summed E-state index contributed by atoms with van der Waals surface area (Å²) in [6.45, 7) is 1.93. The zero-order valence-corrected chi connectivity index (χ0v) is 14.6. The average Bonchev–Trinajstić information content (AvgIpc) is 2.69. The Hall–Kier alpha value is -3.80.